The molecule has 1 heterocycles. The first-order valence-corrected chi connectivity index (χ1v) is 6.77. The van der Waals surface area contributed by atoms with Crippen molar-refractivity contribution in [2.24, 2.45) is 0 Å². The molecule has 6 heteroatoms. The Morgan fingerprint density at radius 1 is 1.38 bits per heavy atom. The molecule has 0 spiro atoms. The number of nitrogens with zero attached hydrogens (tertiary/aromatic N) is 1. The summed E-state index contributed by atoms with van der Waals surface area (Å²) < 4.78 is 15.5. The Labute approximate surface area is 123 Å². The molecular weight excluding hydrogens is 274 g/mol. The smallest absolute Gasteiger partial charge is 0.331 e. The maximum absolute atomic E-state index is 12.3. The molecule has 1 saturated heterocycles. The highest BCUT2D eigenvalue weighted by atomic mass is 16.5. The maximum Gasteiger partial charge on any atom is 0.331 e. The number of carbonyl (C=O) groups is 2. The minimum absolute atomic E-state index is 0.113. The van der Waals surface area contributed by atoms with E-state index in [1.165, 1.54) is 12.0 Å². The predicted molar refractivity (Wildman–Crippen MR) is 75.0 cm³/mol. The van der Waals surface area contributed by atoms with Gasteiger partial charge in [-0.2, -0.15) is 0 Å². The van der Waals surface area contributed by atoms with Crippen molar-refractivity contribution >= 4 is 11.9 Å². The number of para-hydroxylation sites is 1. The molecule has 114 valence electrons. The second-order valence-electron chi connectivity index (χ2n) is 4.76. The fourth-order valence-electron chi connectivity index (χ4n) is 2.17. The average Bonchev–Trinajstić information content (AvgIpc) is 2.53. The Balaban J connectivity index is 1.98. The van der Waals surface area contributed by atoms with Gasteiger partial charge < -0.3 is 19.1 Å². The number of hydrogen-bond acceptors (Lipinski definition) is 5. The van der Waals surface area contributed by atoms with E-state index in [0.717, 1.165) is 5.56 Å². The van der Waals surface area contributed by atoms with Crippen LogP contribution in [-0.4, -0.2) is 56.3 Å². The molecule has 1 amide bonds. The number of aryl methyl sites for hydroxylation is 1. The van der Waals surface area contributed by atoms with E-state index in [1.54, 1.807) is 6.07 Å². The van der Waals surface area contributed by atoms with Crippen LogP contribution in [0.1, 0.15) is 5.56 Å². The number of amides is 1. The lowest BCUT2D eigenvalue weighted by atomic mass is 10.2. The summed E-state index contributed by atoms with van der Waals surface area (Å²) in [5, 5.41) is 0. The van der Waals surface area contributed by atoms with Gasteiger partial charge in [0.25, 0.3) is 5.91 Å². The van der Waals surface area contributed by atoms with Crippen molar-refractivity contribution in [3.63, 3.8) is 0 Å². The van der Waals surface area contributed by atoms with Crippen molar-refractivity contribution < 1.29 is 23.8 Å². The summed E-state index contributed by atoms with van der Waals surface area (Å²) in [5.74, 6) is -0.0652. The largest absolute Gasteiger partial charge is 0.484 e. The van der Waals surface area contributed by atoms with E-state index in [2.05, 4.69) is 0 Å². The number of morpholine rings is 1. The maximum atomic E-state index is 12.3. The van der Waals surface area contributed by atoms with E-state index >= 15 is 0 Å². The SMILES string of the molecule is COC(=O)C1COCCN1C(=O)COc1ccccc1C. The van der Waals surface area contributed by atoms with Crippen LogP contribution in [0.4, 0.5) is 0 Å². The van der Waals surface area contributed by atoms with Crippen LogP contribution in [0.5, 0.6) is 5.75 Å². The number of hydrogen-bond donors (Lipinski definition) is 0. The Bertz CT molecular complexity index is 517. The van der Waals surface area contributed by atoms with Gasteiger partial charge in [0, 0.05) is 6.54 Å². The molecule has 1 aliphatic heterocycles. The number of benzene rings is 1. The third-order valence-corrected chi connectivity index (χ3v) is 3.37. The van der Waals surface area contributed by atoms with Crippen LogP contribution < -0.4 is 4.74 Å². The van der Waals surface area contributed by atoms with Crippen LogP contribution in [0.2, 0.25) is 0 Å². The van der Waals surface area contributed by atoms with Crippen LogP contribution in [0, 0.1) is 6.92 Å². The zero-order valence-electron chi connectivity index (χ0n) is 12.2. The minimum atomic E-state index is -0.697. The summed E-state index contributed by atoms with van der Waals surface area (Å²) >= 11 is 0. The number of rotatable bonds is 4. The molecule has 0 aliphatic carbocycles. The molecule has 0 N–H and O–H groups in total. The molecule has 0 bridgehead atoms. The molecule has 0 aromatic heterocycles. The van der Waals surface area contributed by atoms with Gasteiger partial charge in [-0.1, -0.05) is 18.2 Å². The first-order chi connectivity index (χ1) is 10.1. The zero-order chi connectivity index (χ0) is 15.2. The second kappa shape index (κ2) is 7.08. The van der Waals surface area contributed by atoms with Crippen LogP contribution in [0.15, 0.2) is 24.3 Å². The quantitative estimate of drug-likeness (QED) is 0.767. The van der Waals surface area contributed by atoms with Crippen molar-refractivity contribution in [2.45, 2.75) is 13.0 Å². The summed E-state index contributed by atoms with van der Waals surface area (Å²) in [6.45, 7) is 2.71. The molecule has 1 aromatic carbocycles. The molecule has 0 radical (unpaired) electrons. The first-order valence-electron chi connectivity index (χ1n) is 6.77. The van der Waals surface area contributed by atoms with Gasteiger partial charge in [-0.05, 0) is 18.6 Å². The molecule has 0 saturated carbocycles. The standard InChI is InChI=1S/C15H19NO5/c1-11-5-3-4-6-13(11)21-10-14(17)16-7-8-20-9-12(16)15(18)19-2/h3-6,12H,7-10H2,1-2H3. The van der Waals surface area contributed by atoms with E-state index in [9.17, 15) is 9.59 Å². The second-order valence-corrected chi connectivity index (χ2v) is 4.76. The summed E-state index contributed by atoms with van der Waals surface area (Å²) in [4.78, 5) is 25.4. The lowest BCUT2D eigenvalue weighted by molar-refractivity contribution is -0.161. The van der Waals surface area contributed by atoms with Gasteiger partial charge in [0.2, 0.25) is 0 Å². The molecular formula is C15H19NO5. The third kappa shape index (κ3) is 3.72. The molecule has 1 fully saturated rings. The Morgan fingerprint density at radius 2 is 2.14 bits per heavy atom. The van der Waals surface area contributed by atoms with E-state index < -0.39 is 12.0 Å². The summed E-state index contributed by atoms with van der Waals surface area (Å²) in [6, 6.07) is 6.76. The van der Waals surface area contributed by atoms with Gasteiger partial charge in [0.1, 0.15) is 5.75 Å². The van der Waals surface area contributed by atoms with Gasteiger partial charge >= 0.3 is 5.97 Å². The number of carbonyl (C=O) groups excluding carboxylic acids is 2. The van der Waals surface area contributed by atoms with E-state index in [4.69, 9.17) is 14.2 Å². The van der Waals surface area contributed by atoms with Crippen molar-refractivity contribution in [3.05, 3.63) is 29.8 Å². The molecule has 21 heavy (non-hydrogen) atoms. The van der Waals surface area contributed by atoms with E-state index in [-0.39, 0.29) is 19.1 Å². The van der Waals surface area contributed by atoms with Crippen LogP contribution in [0.3, 0.4) is 0 Å². The highest BCUT2D eigenvalue weighted by Gasteiger charge is 2.33. The fourth-order valence-corrected chi connectivity index (χ4v) is 2.17. The van der Waals surface area contributed by atoms with Crippen molar-refractivity contribution in [2.75, 3.05) is 33.5 Å². The molecule has 6 nitrogen and oxygen atoms in total. The molecule has 1 unspecified atom stereocenters. The molecule has 2 rings (SSSR count). The molecule has 1 aromatic rings. The Kier molecular flexibility index (Phi) is 5.16. The lowest BCUT2D eigenvalue weighted by Crippen LogP contribution is -2.54. The zero-order valence-corrected chi connectivity index (χ0v) is 12.2. The van der Waals surface area contributed by atoms with Crippen molar-refractivity contribution in [1.82, 2.24) is 4.90 Å². The van der Waals surface area contributed by atoms with Gasteiger partial charge in [-0.3, -0.25) is 4.79 Å². The molecule has 1 atom stereocenters. The van der Waals surface area contributed by atoms with E-state index in [1.807, 2.05) is 25.1 Å². The summed E-state index contributed by atoms with van der Waals surface area (Å²) in [6.07, 6.45) is 0. The van der Waals surface area contributed by atoms with Gasteiger partial charge in [0.15, 0.2) is 12.6 Å². The van der Waals surface area contributed by atoms with Crippen molar-refractivity contribution in [1.29, 1.82) is 0 Å². The lowest BCUT2D eigenvalue weighted by Gasteiger charge is -2.33. The van der Waals surface area contributed by atoms with Crippen LogP contribution >= 0.6 is 0 Å². The number of esters is 1. The highest BCUT2D eigenvalue weighted by molar-refractivity contribution is 5.85. The predicted octanol–water partition coefficient (Wildman–Crippen LogP) is 0.774. The fraction of sp³-hybridized carbons (Fsp3) is 0.467. The van der Waals surface area contributed by atoms with Crippen molar-refractivity contribution in [3.8, 4) is 5.75 Å². The number of ether oxygens (including phenoxy) is 3. The Morgan fingerprint density at radius 3 is 2.86 bits per heavy atom. The molecule has 1 aliphatic rings. The van der Waals surface area contributed by atoms with Crippen LogP contribution in [0.25, 0.3) is 0 Å². The third-order valence-electron chi connectivity index (χ3n) is 3.37. The number of methoxy groups -OCH3 is 1. The van der Waals surface area contributed by atoms with Crippen LogP contribution in [-0.2, 0) is 19.1 Å². The Hall–Kier alpha value is -2.08. The minimum Gasteiger partial charge on any atom is -0.484 e. The summed E-state index contributed by atoms with van der Waals surface area (Å²) in [7, 11) is 1.30. The van der Waals surface area contributed by atoms with Gasteiger partial charge in [-0.15, -0.1) is 0 Å². The average molecular weight is 293 g/mol. The first kappa shape index (κ1) is 15.3. The monoisotopic (exact) mass is 293 g/mol. The van der Waals surface area contributed by atoms with Gasteiger partial charge in [0.05, 0.1) is 20.3 Å². The normalized spacial score (nSPS) is 18.2. The summed E-state index contributed by atoms with van der Waals surface area (Å²) in [5.41, 5.74) is 0.955. The van der Waals surface area contributed by atoms with Gasteiger partial charge in [-0.25, -0.2) is 4.79 Å². The highest BCUT2D eigenvalue weighted by Crippen LogP contribution is 2.17. The van der Waals surface area contributed by atoms with E-state index in [0.29, 0.717) is 18.9 Å². The topological polar surface area (TPSA) is 65.1 Å².